The van der Waals surface area contributed by atoms with E-state index in [0.717, 1.165) is 4.90 Å². The second-order valence-corrected chi connectivity index (χ2v) is 9.74. The van der Waals surface area contributed by atoms with Crippen molar-refractivity contribution in [2.45, 2.75) is 38.8 Å². The monoisotopic (exact) mass is 467 g/mol. The van der Waals surface area contributed by atoms with E-state index in [2.05, 4.69) is 21.2 Å². The zero-order chi connectivity index (χ0) is 20.6. The molecule has 1 unspecified atom stereocenters. The molecule has 1 atom stereocenters. The molecule has 28 heavy (non-hydrogen) atoms. The maximum Gasteiger partial charge on any atom is 0.261 e. The van der Waals surface area contributed by atoms with Crippen molar-refractivity contribution in [2.75, 3.05) is 18.2 Å². The maximum absolute atomic E-state index is 12.7. The number of rotatable bonds is 4. The first-order valence-corrected chi connectivity index (χ1v) is 10.9. The van der Waals surface area contributed by atoms with Crippen molar-refractivity contribution in [3.63, 3.8) is 0 Å². The molecule has 0 bridgehead atoms. The fraction of sp³-hybridized carbons (Fsp3) is 0.474. The molecule has 0 spiro atoms. The van der Waals surface area contributed by atoms with Crippen molar-refractivity contribution >= 4 is 51.3 Å². The van der Waals surface area contributed by atoms with E-state index in [9.17, 15) is 19.2 Å². The van der Waals surface area contributed by atoms with Crippen molar-refractivity contribution in [2.24, 2.45) is 0 Å². The predicted octanol–water partition coefficient (Wildman–Crippen LogP) is 2.25. The first-order valence-electron chi connectivity index (χ1n) is 8.93. The van der Waals surface area contributed by atoms with E-state index < -0.39 is 17.9 Å². The van der Waals surface area contributed by atoms with Gasteiger partial charge in [-0.25, -0.2) is 0 Å². The Morgan fingerprint density at radius 2 is 1.89 bits per heavy atom. The van der Waals surface area contributed by atoms with Crippen LogP contribution in [-0.2, 0) is 9.59 Å². The van der Waals surface area contributed by atoms with E-state index in [1.165, 1.54) is 16.7 Å². The van der Waals surface area contributed by atoms with Crippen LogP contribution in [0.3, 0.4) is 0 Å². The molecule has 0 radical (unpaired) electrons. The van der Waals surface area contributed by atoms with Crippen LogP contribution >= 0.6 is 27.7 Å². The molecule has 2 heterocycles. The van der Waals surface area contributed by atoms with Crippen LogP contribution < -0.4 is 5.32 Å². The van der Waals surface area contributed by atoms with Crippen molar-refractivity contribution in [3.8, 4) is 0 Å². The molecule has 1 aromatic carbocycles. The molecule has 2 aliphatic rings. The van der Waals surface area contributed by atoms with E-state index in [4.69, 9.17) is 0 Å². The maximum atomic E-state index is 12.7. The Bertz CT molecular complexity index is 852. The third-order valence-corrected chi connectivity index (χ3v) is 5.99. The highest BCUT2D eigenvalue weighted by Gasteiger charge is 2.38. The number of hydrogen-bond donors (Lipinski definition) is 1. The molecule has 7 nitrogen and oxygen atoms in total. The number of nitrogens with one attached hydrogen (secondary N) is 1. The summed E-state index contributed by atoms with van der Waals surface area (Å²) in [7, 11) is 0. The molecule has 4 amide bonds. The molecule has 0 aliphatic carbocycles. The lowest BCUT2D eigenvalue weighted by molar-refractivity contribution is -0.138. The van der Waals surface area contributed by atoms with Gasteiger partial charge in [0.2, 0.25) is 11.8 Å². The minimum Gasteiger partial charge on any atom is -0.350 e. The summed E-state index contributed by atoms with van der Waals surface area (Å²) < 4.78 is 0.715. The average Bonchev–Trinajstić information content (AvgIpc) is 3.17. The van der Waals surface area contributed by atoms with E-state index in [1.54, 1.807) is 18.2 Å². The van der Waals surface area contributed by atoms with E-state index in [0.29, 0.717) is 27.2 Å². The van der Waals surface area contributed by atoms with Gasteiger partial charge in [0.15, 0.2) is 0 Å². The van der Waals surface area contributed by atoms with Crippen molar-refractivity contribution < 1.29 is 19.2 Å². The van der Waals surface area contributed by atoms with Crippen molar-refractivity contribution in [1.82, 2.24) is 15.1 Å². The number of carbonyl (C=O) groups excluding carboxylic acids is 4. The Hall–Kier alpha value is -1.87. The molecule has 9 heteroatoms. The SMILES string of the molecule is CC(C)(C)NC(=O)C1CSCN1C(=O)CCN1C(=O)c2ccc(Br)cc2C1=O. The van der Waals surface area contributed by atoms with Crippen LogP contribution in [0.2, 0.25) is 0 Å². The fourth-order valence-corrected chi connectivity index (χ4v) is 4.72. The Labute approximate surface area is 176 Å². The number of nitrogens with zero attached hydrogens (tertiary/aromatic N) is 2. The van der Waals surface area contributed by atoms with Gasteiger partial charge in [-0.2, -0.15) is 0 Å². The van der Waals surface area contributed by atoms with Crippen LogP contribution in [0.5, 0.6) is 0 Å². The van der Waals surface area contributed by atoms with Crippen molar-refractivity contribution in [3.05, 3.63) is 33.8 Å². The highest BCUT2D eigenvalue weighted by atomic mass is 79.9. The first kappa shape index (κ1) is 20.9. The zero-order valence-corrected chi connectivity index (χ0v) is 18.4. The number of imide groups is 1. The van der Waals surface area contributed by atoms with E-state index in [1.807, 2.05) is 20.8 Å². The fourth-order valence-electron chi connectivity index (χ4n) is 3.18. The molecule has 0 aromatic heterocycles. The lowest BCUT2D eigenvalue weighted by Crippen LogP contribution is -2.52. The summed E-state index contributed by atoms with van der Waals surface area (Å²) in [5, 5.41) is 2.91. The van der Waals surface area contributed by atoms with E-state index >= 15 is 0 Å². The van der Waals surface area contributed by atoms with Crippen LogP contribution in [-0.4, -0.2) is 63.2 Å². The standard InChI is InChI=1S/C19H22BrN3O4S/c1-19(2,3)21-16(25)14-9-28-10-23(14)15(24)6-7-22-17(26)12-5-4-11(20)8-13(12)18(22)27/h4-5,8,14H,6-7,9-10H2,1-3H3,(H,21,25). The smallest absolute Gasteiger partial charge is 0.261 e. The predicted molar refractivity (Wildman–Crippen MR) is 110 cm³/mol. The van der Waals surface area contributed by atoms with Crippen LogP contribution in [0, 0.1) is 0 Å². The topological polar surface area (TPSA) is 86.8 Å². The average molecular weight is 468 g/mol. The summed E-state index contributed by atoms with van der Waals surface area (Å²) in [6.07, 6.45) is -0.00744. The summed E-state index contributed by atoms with van der Waals surface area (Å²) in [6.45, 7) is 5.66. The Morgan fingerprint density at radius 3 is 2.57 bits per heavy atom. The Balaban J connectivity index is 1.63. The Morgan fingerprint density at radius 1 is 1.21 bits per heavy atom. The number of halogens is 1. The Kier molecular flexibility index (Phi) is 5.86. The van der Waals surface area contributed by atoms with Gasteiger partial charge < -0.3 is 10.2 Å². The van der Waals surface area contributed by atoms with Gasteiger partial charge in [-0.05, 0) is 39.0 Å². The summed E-state index contributed by atoms with van der Waals surface area (Å²) in [4.78, 5) is 52.8. The number of fused-ring (bicyclic) bond motifs is 1. The van der Waals surface area contributed by atoms with Crippen LogP contribution in [0.25, 0.3) is 0 Å². The number of amides is 4. The third-order valence-electron chi connectivity index (χ3n) is 4.49. The minimum absolute atomic E-state index is 0.00241. The second-order valence-electron chi connectivity index (χ2n) is 7.82. The number of hydrogen-bond acceptors (Lipinski definition) is 5. The number of benzene rings is 1. The van der Waals surface area contributed by atoms with Gasteiger partial charge in [-0.15, -0.1) is 11.8 Å². The normalized spacial score (nSPS) is 19.2. The molecule has 1 saturated heterocycles. The van der Waals surface area contributed by atoms with Gasteiger partial charge in [0, 0.05) is 28.7 Å². The molecular formula is C19H22BrN3O4S. The molecule has 3 rings (SSSR count). The molecule has 2 aliphatic heterocycles. The minimum atomic E-state index is -0.533. The third kappa shape index (κ3) is 4.25. The van der Waals surface area contributed by atoms with Gasteiger partial charge >= 0.3 is 0 Å². The molecule has 150 valence electrons. The van der Waals surface area contributed by atoms with Crippen LogP contribution in [0.1, 0.15) is 47.9 Å². The van der Waals surface area contributed by atoms with Gasteiger partial charge in [-0.1, -0.05) is 15.9 Å². The highest BCUT2D eigenvalue weighted by molar-refractivity contribution is 9.10. The largest absolute Gasteiger partial charge is 0.350 e. The second kappa shape index (κ2) is 7.87. The van der Waals surface area contributed by atoms with Crippen molar-refractivity contribution in [1.29, 1.82) is 0 Å². The number of thioether (sulfide) groups is 1. The molecule has 1 aromatic rings. The quantitative estimate of drug-likeness (QED) is 0.686. The summed E-state index contributed by atoms with van der Waals surface area (Å²) in [5.41, 5.74) is 0.304. The lowest BCUT2D eigenvalue weighted by Gasteiger charge is -2.28. The summed E-state index contributed by atoms with van der Waals surface area (Å²) in [5.74, 6) is -0.247. The zero-order valence-electron chi connectivity index (χ0n) is 16.0. The van der Waals surface area contributed by atoms with Gasteiger partial charge in [0.25, 0.3) is 11.8 Å². The lowest BCUT2D eigenvalue weighted by atomic mass is 10.1. The first-order chi connectivity index (χ1) is 13.1. The molecular weight excluding hydrogens is 446 g/mol. The number of carbonyl (C=O) groups is 4. The highest BCUT2D eigenvalue weighted by Crippen LogP contribution is 2.27. The van der Waals surface area contributed by atoms with Crippen LogP contribution in [0.15, 0.2) is 22.7 Å². The van der Waals surface area contributed by atoms with Crippen LogP contribution in [0.4, 0.5) is 0 Å². The summed E-state index contributed by atoms with van der Waals surface area (Å²) >= 11 is 4.81. The molecule has 1 fully saturated rings. The molecule has 1 N–H and O–H groups in total. The molecule has 0 saturated carbocycles. The van der Waals surface area contributed by atoms with Gasteiger partial charge in [-0.3, -0.25) is 24.1 Å². The van der Waals surface area contributed by atoms with Gasteiger partial charge in [0.05, 0.1) is 17.0 Å². The summed E-state index contributed by atoms with van der Waals surface area (Å²) in [6, 6.07) is 4.39. The van der Waals surface area contributed by atoms with E-state index in [-0.39, 0.29) is 30.3 Å². The van der Waals surface area contributed by atoms with Gasteiger partial charge in [0.1, 0.15) is 6.04 Å².